The molecule has 0 aliphatic carbocycles. The number of oxazole rings is 1. The van der Waals surface area contributed by atoms with Crippen molar-refractivity contribution in [1.29, 1.82) is 0 Å². The molecule has 1 aromatic heterocycles. The highest BCUT2D eigenvalue weighted by molar-refractivity contribution is 5.91. The zero-order valence-corrected chi connectivity index (χ0v) is 15.3. The smallest absolute Gasteiger partial charge is 0.273 e. The Bertz CT molecular complexity index is 679. The lowest BCUT2D eigenvalue weighted by Crippen LogP contribution is -2.34. The van der Waals surface area contributed by atoms with E-state index in [0.717, 1.165) is 25.4 Å². The molecule has 1 amide bonds. The number of piperidine rings is 1. The van der Waals surface area contributed by atoms with Crippen LogP contribution in [-0.4, -0.2) is 49.1 Å². The van der Waals surface area contributed by atoms with Crippen LogP contribution in [0, 0.1) is 5.92 Å². The van der Waals surface area contributed by atoms with E-state index in [-0.39, 0.29) is 5.91 Å². The molecule has 1 fully saturated rings. The van der Waals surface area contributed by atoms with E-state index in [1.807, 2.05) is 0 Å². The molecule has 0 unspecified atom stereocenters. The van der Waals surface area contributed by atoms with Gasteiger partial charge in [0.2, 0.25) is 5.89 Å². The second kappa shape index (κ2) is 9.50. The van der Waals surface area contributed by atoms with Crippen LogP contribution in [0.5, 0.6) is 0 Å². The number of hydrogen-bond donors (Lipinski definition) is 1. The number of carbonyl (C=O) groups excluding carboxylic acids is 1. The van der Waals surface area contributed by atoms with E-state index in [9.17, 15) is 4.79 Å². The molecule has 0 bridgehead atoms. The quantitative estimate of drug-likeness (QED) is 0.735. The molecule has 6 heteroatoms. The molecule has 1 saturated heterocycles. The van der Waals surface area contributed by atoms with Crippen LogP contribution in [0.25, 0.3) is 0 Å². The molecule has 2 heterocycles. The maximum Gasteiger partial charge on any atom is 0.273 e. The number of nitrogens with one attached hydrogen (secondary N) is 1. The summed E-state index contributed by atoms with van der Waals surface area (Å²) < 4.78 is 10.4. The summed E-state index contributed by atoms with van der Waals surface area (Å²) in [5.74, 6) is 1.11. The average Bonchev–Trinajstić information content (AvgIpc) is 3.13. The third kappa shape index (κ3) is 5.41. The van der Waals surface area contributed by atoms with Gasteiger partial charge in [0.05, 0.1) is 13.2 Å². The predicted octanol–water partition coefficient (Wildman–Crippen LogP) is 2.51. The molecular formula is C20H27N3O3. The minimum Gasteiger partial charge on any atom is -0.447 e. The van der Waals surface area contributed by atoms with Crippen molar-refractivity contribution >= 4 is 5.91 Å². The van der Waals surface area contributed by atoms with E-state index in [0.29, 0.717) is 31.3 Å². The normalized spacial score (nSPS) is 15.9. The standard InChI is InChI=1S/C20H27N3O3/c1-25-12-9-21-20(24)18-15-26-19(22-18)14-23-10-7-17(8-11-23)13-16-5-3-2-4-6-16/h2-6,15,17H,7-14H2,1H3,(H,21,24). The molecule has 1 N–H and O–H groups in total. The van der Waals surface area contributed by atoms with Crippen molar-refractivity contribution in [3.05, 3.63) is 53.7 Å². The Labute approximate surface area is 154 Å². The van der Waals surface area contributed by atoms with Crippen molar-refractivity contribution in [2.24, 2.45) is 5.92 Å². The number of nitrogens with zero attached hydrogens (tertiary/aromatic N) is 2. The Morgan fingerprint density at radius 3 is 2.81 bits per heavy atom. The summed E-state index contributed by atoms with van der Waals surface area (Å²) in [5, 5.41) is 2.75. The molecule has 0 saturated carbocycles. The largest absolute Gasteiger partial charge is 0.447 e. The molecule has 140 valence electrons. The van der Waals surface area contributed by atoms with E-state index in [1.165, 1.54) is 24.7 Å². The summed E-state index contributed by atoms with van der Waals surface area (Å²) in [7, 11) is 1.60. The minimum atomic E-state index is -0.224. The van der Waals surface area contributed by atoms with Gasteiger partial charge in [0.25, 0.3) is 5.91 Å². The molecule has 6 nitrogen and oxygen atoms in total. The first-order valence-corrected chi connectivity index (χ1v) is 9.22. The van der Waals surface area contributed by atoms with E-state index in [4.69, 9.17) is 9.15 Å². The van der Waals surface area contributed by atoms with E-state index in [2.05, 4.69) is 45.5 Å². The van der Waals surface area contributed by atoms with E-state index < -0.39 is 0 Å². The lowest BCUT2D eigenvalue weighted by atomic mass is 9.90. The molecule has 26 heavy (non-hydrogen) atoms. The molecule has 0 spiro atoms. The summed E-state index contributed by atoms with van der Waals surface area (Å²) in [6.07, 6.45) is 4.94. The first-order valence-electron chi connectivity index (χ1n) is 9.22. The van der Waals surface area contributed by atoms with Crippen LogP contribution in [0.1, 0.15) is 34.8 Å². The number of rotatable bonds is 8. The fraction of sp³-hybridized carbons (Fsp3) is 0.500. The van der Waals surface area contributed by atoms with Crippen molar-refractivity contribution in [1.82, 2.24) is 15.2 Å². The first-order chi connectivity index (χ1) is 12.7. The van der Waals surface area contributed by atoms with Gasteiger partial charge in [0.15, 0.2) is 5.69 Å². The van der Waals surface area contributed by atoms with Gasteiger partial charge in [-0.25, -0.2) is 4.98 Å². The summed E-state index contributed by atoms with van der Waals surface area (Å²) in [6.45, 7) is 3.68. The highest BCUT2D eigenvalue weighted by Crippen LogP contribution is 2.22. The lowest BCUT2D eigenvalue weighted by Gasteiger charge is -2.31. The van der Waals surface area contributed by atoms with Crippen molar-refractivity contribution in [3.8, 4) is 0 Å². The maximum absolute atomic E-state index is 11.9. The van der Waals surface area contributed by atoms with Gasteiger partial charge in [0.1, 0.15) is 6.26 Å². The van der Waals surface area contributed by atoms with Gasteiger partial charge in [-0.05, 0) is 43.8 Å². The molecule has 0 radical (unpaired) electrons. The van der Waals surface area contributed by atoms with Gasteiger partial charge >= 0.3 is 0 Å². The SMILES string of the molecule is COCCNC(=O)c1coc(CN2CCC(Cc3ccccc3)CC2)n1. The van der Waals surface area contributed by atoms with E-state index >= 15 is 0 Å². The van der Waals surface area contributed by atoms with Gasteiger partial charge in [-0.15, -0.1) is 0 Å². The molecular weight excluding hydrogens is 330 g/mol. The second-order valence-corrected chi connectivity index (χ2v) is 6.78. The van der Waals surface area contributed by atoms with Crippen LogP contribution in [0.4, 0.5) is 0 Å². The Balaban J connectivity index is 1.42. The molecule has 2 aromatic rings. The monoisotopic (exact) mass is 357 g/mol. The van der Waals surface area contributed by atoms with Crippen molar-refractivity contribution in [2.45, 2.75) is 25.8 Å². The average molecular weight is 357 g/mol. The number of benzene rings is 1. The third-order valence-corrected chi connectivity index (χ3v) is 4.81. The number of likely N-dealkylation sites (tertiary alicyclic amines) is 1. The number of methoxy groups -OCH3 is 1. The Morgan fingerprint density at radius 1 is 1.31 bits per heavy atom. The number of ether oxygens (including phenoxy) is 1. The summed E-state index contributed by atoms with van der Waals surface area (Å²) >= 11 is 0. The molecule has 1 aliphatic rings. The lowest BCUT2D eigenvalue weighted by molar-refractivity contribution is 0.0932. The first kappa shape index (κ1) is 18.6. The molecule has 1 aliphatic heterocycles. The number of aromatic nitrogens is 1. The van der Waals surface area contributed by atoms with Crippen LogP contribution in [-0.2, 0) is 17.7 Å². The molecule has 3 rings (SSSR count). The minimum absolute atomic E-state index is 0.224. The topological polar surface area (TPSA) is 67.6 Å². The Kier molecular flexibility index (Phi) is 6.80. The predicted molar refractivity (Wildman–Crippen MR) is 98.9 cm³/mol. The number of amides is 1. The second-order valence-electron chi connectivity index (χ2n) is 6.78. The fourth-order valence-electron chi connectivity index (χ4n) is 3.33. The molecule has 1 aromatic carbocycles. The van der Waals surface area contributed by atoms with E-state index in [1.54, 1.807) is 7.11 Å². The van der Waals surface area contributed by atoms with Crippen LogP contribution < -0.4 is 5.32 Å². The van der Waals surface area contributed by atoms with Crippen molar-refractivity contribution in [2.75, 3.05) is 33.4 Å². The van der Waals surface area contributed by atoms with Gasteiger partial charge in [-0.3, -0.25) is 9.69 Å². The maximum atomic E-state index is 11.9. The fourth-order valence-corrected chi connectivity index (χ4v) is 3.33. The zero-order valence-electron chi connectivity index (χ0n) is 15.3. The molecule has 0 atom stereocenters. The summed E-state index contributed by atoms with van der Waals surface area (Å²) in [5.41, 5.74) is 1.75. The van der Waals surface area contributed by atoms with Gasteiger partial charge < -0.3 is 14.5 Å². The van der Waals surface area contributed by atoms with Crippen LogP contribution in [0.2, 0.25) is 0 Å². The Hall–Kier alpha value is -2.18. The van der Waals surface area contributed by atoms with Gasteiger partial charge in [-0.1, -0.05) is 30.3 Å². The van der Waals surface area contributed by atoms with Crippen molar-refractivity contribution in [3.63, 3.8) is 0 Å². The van der Waals surface area contributed by atoms with Gasteiger partial charge in [0, 0.05) is 13.7 Å². The summed E-state index contributed by atoms with van der Waals surface area (Å²) in [6, 6.07) is 10.7. The number of carbonyl (C=O) groups is 1. The number of hydrogen-bond acceptors (Lipinski definition) is 5. The third-order valence-electron chi connectivity index (χ3n) is 4.81. The van der Waals surface area contributed by atoms with Crippen LogP contribution in [0.15, 0.2) is 41.0 Å². The summed E-state index contributed by atoms with van der Waals surface area (Å²) in [4.78, 5) is 18.6. The van der Waals surface area contributed by atoms with Crippen LogP contribution >= 0.6 is 0 Å². The van der Waals surface area contributed by atoms with Crippen molar-refractivity contribution < 1.29 is 13.9 Å². The van der Waals surface area contributed by atoms with Gasteiger partial charge in [-0.2, -0.15) is 0 Å². The zero-order chi connectivity index (χ0) is 18.2. The highest BCUT2D eigenvalue weighted by atomic mass is 16.5. The Morgan fingerprint density at radius 2 is 2.08 bits per heavy atom. The highest BCUT2D eigenvalue weighted by Gasteiger charge is 2.21. The van der Waals surface area contributed by atoms with Crippen LogP contribution in [0.3, 0.4) is 0 Å².